The number of rotatable bonds is 17. The van der Waals surface area contributed by atoms with E-state index < -0.39 is 119 Å². The molecule has 1 saturated heterocycles. The Morgan fingerprint density at radius 3 is 1.97 bits per heavy atom. The number of hydrogen-bond donors (Lipinski definition) is 7. The number of benzene rings is 5. The predicted octanol–water partition coefficient (Wildman–Crippen LogP) is 6.52. The van der Waals surface area contributed by atoms with E-state index in [0.29, 0.717) is 11.3 Å². The van der Waals surface area contributed by atoms with Gasteiger partial charge in [-0.1, -0.05) is 80.6 Å². The van der Waals surface area contributed by atoms with Gasteiger partial charge in [0, 0.05) is 72.6 Å². The molecule has 8 N–H and O–H groups in total. The summed E-state index contributed by atoms with van der Waals surface area (Å²) in [7, 11) is 0. The molecule has 5 aromatic carbocycles. The number of nitrogens with two attached hydrogens (primary N) is 1. The number of hydrogen-bond acceptors (Lipinski definition) is 20. The molecule has 0 radical (unpaired) electrons. The predicted molar refractivity (Wildman–Crippen MR) is 311 cm³/mol. The summed E-state index contributed by atoms with van der Waals surface area (Å²) in [6.07, 6.45) is -9.78. The van der Waals surface area contributed by atoms with E-state index in [1.165, 1.54) is 88.7 Å². The molecule has 11 atom stereocenters. The molecule has 22 nitrogen and oxygen atoms in total. The number of phenols is 2. The number of carbonyl (C=O) groups is 7. The van der Waals surface area contributed by atoms with E-state index in [-0.39, 0.29) is 76.7 Å². The summed E-state index contributed by atoms with van der Waals surface area (Å²) in [6.45, 7) is 8.06. The second-order valence-electron chi connectivity index (χ2n) is 22.5. The van der Waals surface area contributed by atoms with E-state index in [2.05, 4.69) is 20.6 Å². The standard InChI is InChI=1S/C64H67N5O17/c1-35-47(31-64(80)56(85-58(77)40-20-14-9-15-21-40)54-62(6,48(74)30-49-63(54,34-81-49)86-37(3)71)55(75)52(82-36(2)70)50(35)61(64,4)5)83-59(78)53(51(38-16-10-7-11-17-38)69-57(76)39-18-12-8-13-19-39)84-60(79)68-44-23-25-46(73)42(29-44)33-67-27-26-66-32-41-28-43(65)22-24-45(41)72/h7-25,28-29,32-33,47-49,51-54,56,72-74,80H,26-27,30-31,34,65H2,1-6H3,(H,68,79)(H,69,76)/b66-32+,67-33+/t47-,48-,49+,51-,52+,53+,54-,56-,62+,63-,64+/m0/s1. The number of ether oxygens (including phenoxy) is 6. The van der Waals surface area contributed by atoms with Crippen LogP contribution >= 0.6 is 0 Å². The van der Waals surface area contributed by atoms with Crippen molar-refractivity contribution >= 4 is 65.5 Å². The highest BCUT2D eigenvalue weighted by Crippen LogP contribution is 2.64. The maximum Gasteiger partial charge on any atom is 0.412 e. The highest BCUT2D eigenvalue weighted by molar-refractivity contribution is 5.97. The van der Waals surface area contributed by atoms with E-state index >= 15 is 9.59 Å². The lowest BCUT2D eigenvalue weighted by atomic mass is 9.44. The van der Waals surface area contributed by atoms with Crippen molar-refractivity contribution in [2.24, 2.45) is 26.7 Å². The Labute approximate surface area is 495 Å². The number of fused-ring (bicyclic) bond motifs is 5. The van der Waals surface area contributed by atoms with E-state index in [9.17, 15) is 44.4 Å². The zero-order chi connectivity index (χ0) is 61.9. The van der Waals surface area contributed by atoms with Gasteiger partial charge >= 0.3 is 30.0 Å². The van der Waals surface area contributed by atoms with Crippen LogP contribution in [-0.4, -0.2) is 142 Å². The third-order valence-electron chi connectivity index (χ3n) is 16.8. The van der Waals surface area contributed by atoms with Crippen LogP contribution in [0.15, 0.2) is 149 Å². The van der Waals surface area contributed by atoms with Gasteiger partial charge in [0.05, 0.1) is 42.7 Å². The van der Waals surface area contributed by atoms with Crippen LogP contribution in [-0.2, 0) is 47.6 Å². The third kappa shape index (κ3) is 11.9. The van der Waals surface area contributed by atoms with Gasteiger partial charge in [0.25, 0.3) is 5.91 Å². The van der Waals surface area contributed by atoms with Crippen LogP contribution in [0, 0.1) is 16.7 Å². The van der Waals surface area contributed by atoms with Gasteiger partial charge in [-0.2, -0.15) is 0 Å². The molecule has 1 aliphatic heterocycles. The van der Waals surface area contributed by atoms with Crippen molar-refractivity contribution in [3.8, 4) is 11.5 Å². The number of aliphatic imine (C=N–C) groups is 2. The minimum Gasteiger partial charge on any atom is -0.507 e. The van der Waals surface area contributed by atoms with Crippen LogP contribution in [0.2, 0.25) is 0 Å². The first-order valence-corrected chi connectivity index (χ1v) is 27.8. The summed E-state index contributed by atoms with van der Waals surface area (Å²) >= 11 is 0. The number of aliphatic hydroxyl groups is 2. The molecule has 9 rings (SSSR count). The van der Waals surface area contributed by atoms with Crippen LogP contribution in [0.25, 0.3) is 0 Å². The number of carbonyl (C=O) groups excluding carboxylic acids is 7. The van der Waals surface area contributed by atoms with Crippen molar-refractivity contribution in [1.29, 1.82) is 0 Å². The van der Waals surface area contributed by atoms with Crippen LogP contribution < -0.4 is 16.4 Å². The normalized spacial score (nSPS) is 26.3. The second kappa shape index (κ2) is 24.8. The summed E-state index contributed by atoms with van der Waals surface area (Å²) in [4.78, 5) is 110. The van der Waals surface area contributed by atoms with Crippen molar-refractivity contribution in [3.05, 3.63) is 166 Å². The molecule has 1 heterocycles. The Kier molecular flexibility index (Phi) is 17.7. The van der Waals surface area contributed by atoms with Crippen molar-refractivity contribution in [2.45, 2.75) is 108 Å². The molecule has 22 heteroatoms. The smallest absolute Gasteiger partial charge is 0.412 e. The summed E-state index contributed by atoms with van der Waals surface area (Å²) in [6, 6.07) is 30.8. The monoisotopic (exact) mass is 1180 g/mol. The van der Waals surface area contributed by atoms with E-state index in [4.69, 9.17) is 34.2 Å². The van der Waals surface area contributed by atoms with Crippen LogP contribution in [0.4, 0.5) is 16.2 Å². The minimum atomic E-state index is -2.53. The highest BCUT2D eigenvalue weighted by atomic mass is 16.6. The van der Waals surface area contributed by atoms with Gasteiger partial charge in [0.1, 0.15) is 41.5 Å². The summed E-state index contributed by atoms with van der Waals surface area (Å²) in [5, 5.41) is 52.7. The molecular weight excluding hydrogens is 1110 g/mol. The average molecular weight is 1180 g/mol. The quantitative estimate of drug-likeness (QED) is 0.00990. The van der Waals surface area contributed by atoms with Gasteiger partial charge in [-0.3, -0.25) is 34.5 Å². The molecule has 0 aromatic heterocycles. The Balaban J connectivity index is 1.11. The number of aliphatic hydroxyl groups excluding tert-OH is 1. The average Bonchev–Trinajstić information content (AvgIpc) is 0.691. The fraction of sp³-hybridized carbons (Fsp3) is 0.359. The van der Waals surface area contributed by atoms with Crippen molar-refractivity contribution < 1.29 is 82.4 Å². The lowest BCUT2D eigenvalue weighted by Gasteiger charge is -2.67. The number of phenolic OH excluding ortho intramolecular Hbond substituents is 2. The number of aromatic hydroxyl groups is 2. The Hall–Kier alpha value is -9.25. The lowest BCUT2D eigenvalue weighted by Crippen LogP contribution is -2.82. The zero-order valence-corrected chi connectivity index (χ0v) is 48.0. The Bertz CT molecular complexity index is 3520. The molecule has 0 spiro atoms. The molecule has 4 aliphatic rings. The van der Waals surface area contributed by atoms with Gasteiger partial charge < -0.3 is 59.9 Å². The molecule has 450 valence electrons. The number of nitrogens with zero attached hydrogens (tertiary/aromatic N) is 2. The minimum absolute atomic E-state index is 0.00809. The molecular formula is C64H67N5O17. The maximum atomic E-state index is 15.9. The highest BCUT2D eigenvalue weighted by Gasteiger charge is 2.78. The van der Waals surface area contributed by atoms with Crippen LogP contribution in [0.3, 0.4) is 0 Å². The molecule has 2 saturated carbocycles. The fourth-order valence-corrected chi connectivity index (χ4v) is 12.4. The molecule has 3 aliphatic carbocycles. The number of amides is 2. The molecule has 86 heavy (non-hydrogen) atoms. The number of Topliss-reactive ketones (excluding diaryl/α,β-unsaturated/α-hetero) is 1. The number of anilines is 2. The summed E-state index contributed by atoms with van der Waals surface area (Å²) in [5.41, 5.74) is -1.02. The topological polar surface area (TPSA) is 331 Å². The number of esters is 4. The fourth-order valence-electron chi connectivity index (χ4n) is 12.4. The number of nitrogens with one attached hydrogen (secondary N) is 2. The van der Waals surface area contributed by atoms with E-state index in [0.717, 1.165) is 13.8 Å². The first-order chi connectivity index (χ1) is 40.9. The first-order valence-electron chi connectivity index (χ1n) is 27.8. The van der Waals surface area contributed by atoms with Crippen LogP contribution in [0.5, 0.6) is 11.5 Å². The van der Waals surface area contributed by atoms with Gasteiger partial charge in [0.2, 0.25) is 6.10 Å². The second-order valence-corrected chi connectivity index (χ2v) is 22.5. The van der Waals surface area contributed by atoms with E-state index in [1.54, 1.807) is 78.9 Å². The van der Waals surface area contributed by atoms with Crippen LogP contribution in [0.1, 0.15) is 97.8 Å². The molecule has 5 aromatic rings. The van der Waals surface area contributed by atoms with Gasteiger partial charge in [-0.15, -0.1) is 0 Å². The lowest BCUT2D eigenvalue weighted by molar-refractivity contribution is -0.346. The van der Waals surface area contributed by atoms with E-state index in [1.807, 2.05) is 0 Å². The van der Waals surface area contributed by atoms with Crippen molar-refractivity contribution in [3.63, 3.8) is 0 Å². The number of nitrogen functional groups attached to an aromatic ring is 1. The summed E-state index contributed by atoms with van der Waals surface area (Å²) < 4.78 is 37.1. The van der Waals surface area contributed by atoms with Gasteiger partial charge in [-0.05, 0) is 91.2 Å². The number of ketones is 1. The first kappa shape index (κ1) is 61.3. The Morgan fingerprint density at radius 2 is 1.37 bits per heavy atom. The van der Waals surface area contributed by atoms with Gasteiger partial charge in [0.15, 0.2) is 17.5 Å². The van der Waals surface area contributed by atoms with Crippen molar-refractivity contribution in [2.75, 3.05) is 30.7 Å². The third-order valence-corrected chi connectivity index (χ3v) is 16.8. The largest absolute Gasteiger partial charge is 0.507 e. The molecule has 2 amide bonds. The van der Waals surface area contributed by atoms with Gasteiger partial charge in [-0.25, -0.2) is 14.4 Å². The zero-order valence-electron chi connectivity index (χ0n) is 48.0. The maximum absolute atomic E-state index is 15.9. The Morgan fingerprint density at radius 1 is 0.779 bits per heavy atom. The SMILES string of the molecule is CC(=O)O[C@H]1C(=O)[C@@]2(C)[C@H]([C@H](OC(=O)c3ccccc3)[C@]3(O)C[C@H](OC(=O)[C@H](OC(=O)Nc4ccc(O)c(/C=N/CC/N=C/c5cc(N)ccc5O)c4)[C@@H](NC(=O)c4ccccc4)c4ccccc4)C(C)=C1C3(C)C)[C@]1(OC(C)=O)CO[C@@H]1C[C@@H]2O. The molecule has 2 bridgehead atoms. The summed E-state index contributed by atoms with van der Waals surface area (Å²) in [5.74, 6) is -7.58. The van der Waals surface area contributed by atoms with Crippen molar-refractivity contribution in [1.82, 2.24) is 5.32 Å². The molecule has 3 fully saturated rings. The molecule has 0 unspecified atom stereocenters.